The van der Waals surface area contributed by atoms with Crippen molar-refractivity contribution in [2.75, 3.05) is 33.4 Å². The summed E-state index contributed by atoms with van der Waals surface area (Å²) >= 11 is 0. The molecule has 0 atom stereocenters. The van der Waals surface area contributed by atoms with Crippen LogP contribution in [-0.4, -0.2) is 0 Å². The van der Waals surface area contributed by atoms with Crippen LogP contribution in [0.25, 0.3) is 0 Å². The molecule has 0 aromatic heterocycles. The molecule has 1 aliphatic rings. The molecule has 15 heavy (non-hydrogen) atoms. The van der Waals surface area contributed by atoms with Gasteiger partial charge in [0.2, 0.25) is 0 Å². The van der Waals surface area contributed by atoms with Gasteiger partial charge in [0.05, 0.1) is 22.7 Å². The molecule has 0 saturated heterocycles. The summed E-state index contributed by atoms with van der Waals surface area (Å²) < 4.78 is 0. The maximum Gasteiger partial charge on any atom is 0.106 e. The van der Waals surface area contributed by atoms with E-state index < -0.39 is 0 Å². The summed E-state index contributed by atoms with van der Waals surface area (Å²) in [6.45, 7) is 0. The first-order chi connectivity index (χ1) is 6.95. The van der Waals surface area contributed by atoms with Crippen molar-refractivity contribution in [2.45, 2.75) is 0 Å². The van der Waals surface area contributed by atoms with Gasteiger partial charge in [0.15, 0.2) is 0 Å². The largest absolute Gasteiger partial charge is 0.731 e. The third-order valence-corrected chi connectivity index (χ3v) is 2.12. The second-order valence-corrected chi connectivity index (χ2v) is 2.95. The zero-order valence-corrected chi connectivity index (χ0v) is 7.43. The predicted molar refractivity (Wildman–Crippen MR) is 56.9 cm³/mol. The van der Waals surface area contributed by atoms with Gasteiger partial charge >= 0.3 is 0 Å². The Morgan fingerprint density at radius 3 is 1.40 bits per heavy atom. The van der Waals surface area contributed by atoms with E-state index in [-0.39, 0.29) is 44.6 Å². The van der Waals surface area contributed by atoms with E-state index in [0.29, 0.717) is 0 Å². The number of hydrogen-bond donors (Lipinski definition) is 4. The number of nitrogen functional groups attached to an aromatic ring is 4. The summed E-state index contributed by atoms with van der Waals surface area (Å²) in [6.07, 6.45) is 0. The van der Waals surface area contributed by atoms with E-state index in [0.717, 1.165) is 0 Å². The fourth-order valence-corrected chi connectivity index (χ4v) is 1.32. The van der Waals surface area contributed by atoms with Crippen LogP contribution in [0.3, 0.4) is 0 Å². The van der Waals surface area contributed by atoms with Crippen LogP contribution in [0.15, 0.2) is 0 Å². The van der Waals surface area contributed by atoms with Gasteiger partial charge in [-0.25, -0.2) is 0 Å². The summed E-state index contributed by atoms with van der Waals surface area (Å²) in [5.74, 6) is 0. The quantitative estimate of drug-likeness (QED) is 0.413. The standard InChI is InChI=1S/C6H8N6O3/c7-1-2(8)4(10)6-5(3(1)9)11(13)15-12(6)14/h7-10H2/q-2. The number of nitrogens with two attached hydrogens (primary N) is 4. The van der Waals surface area contributed by atoms with E-state index in [1.165, 1.54) is 0 Å². The summed E-state index contributed by atoms with van der Waals surface area (Å²) in [5.41, 5.74) is 21.2. The van der Waals surface area contributed by atoms with Gasteiger partial charge in [-0.1, -0.05) is 0 Å². The minimum absolute atomic E-state index is 0.0500. The second-order valence-electron chi connectivity index (χ2n) is 2.95. The van der Waals surface area contributed by atoms with Crippen LogP contribution in [0.5, 0.6) is 0 Å². The molecule has 0 saturated carbocycles. The fourth-order valence-electron chi connectivity index (χ4n) is 1.32. The second kappa shape index (κ2) is 2.70. The first-order valence-corrected chi connectivity index (χ1v) is 3.83. The molecule has 2 rings (SSSR count). The Morgan fingerprint density at radius 2 is 1.07 bits per heavy atom. The normalized spacial score (nSPS) is 14.5. The Bertz CT molecular complexity index is 397. The van der Waals surface area contributed by atoms with Gasteiger partial charge in [-0.05, 0) is 0 Å². The maximum atomic E-state index is 11.1. The molecule has 0 unspecified atom stereocenters. The topological polar surface area (TPSA) is 166 Å². The molecule has 8 N–H and O–H groups in total. The molecule has 0 aliphatic carbocycles. The number of benzene rings is 1. The molecule has 82 valence electrons. The van der Waals surface area contributed by atoms with Crippen molar-refractivity contribution in [3.63, 3.8) is 0 Å². The minimum Gasteiger partial charge on any atom is -0.731 e. The van der Waals surface area contributed by atoms with Crippen molar-refractivity contribution in [1.29, 1.82) is 0 Å². The number of hydrogen-bond acceptors (Lipinski definition) is 9. The first-order valence-electron chi connectivity index (χ1n) is 3.83. The molecule has 0 fully saturated rings. The smallest absolute Gasteiger partial charge is 0.106 e. The summed E-state index contributed by atoms with van der Waals surface area (Å²) in [4.78, 5) is 4.19. The van der Waals surface area contributed by atoms with Crippen LogP contribution in [-0.2, 0) is 4.94 Å². The molecule has 1 aromatic carbocycles. The number of nitrogens with zero attached hydrogens (tertiary/aromatic N) is 2. The monoisotopic (exact) mass is 212 g/mol. The Balaban J connectivity index is 2.80. The van der Waals surface area contributed by atoms with Crippen LogP contribution in [0, 0.1) is 10.4 Å². The molecule has 9 heteroatoms. The van der Waals surface area contributed by atoms with Crippen LogP contribution >= 0.6 is 0 Å². The highest BCUT2D eigenvalue weighted by Crippen LogP contribution is 2.50. The van der Waals surface area contributed by atoms with Crippen molar-refractivity contribution in [3.05, 3.63) is 10.4 Å². The fraction of sp³-hybridized carbons (Fsp3) is 0. The van der Waals surface area contributed by atoms with Crippen LogP contribution in [0.2, 0.25) is 0 Å². The third-order valence-electron chi connectivity index (χ3n) is 2.12. The third kappa shape index (κ3) is 1.01. The highest BCUT2D eigenvalue weighted by molar-refractivity contribution is 6.05. The number of rotatable bonds is 0. The zero-order valence-electron chi connectivity index (χ0n) is 7.43. The van der Waals surface area contributed by atoms with Crippen LogP contribution in [0.4, 0.5) is 34.1 Å². The van der Waals surface area contributed by atoms with Crippen molar-refractivity contribution in [1.82, 2.24) is 0 Å². The van der Waals surface area contributed by atoms with Gasteiger partial charge in [0.25, 0.3) is 0 Å². The van der Waals surface area contributed by atoms with Gasteiger partial charge in [-0.2, -0.15) is 4.94 Å². The molecular weight excluding hydrogens is 204 g/mol. The van der Waals surface area contributed by atoms with E-state index in [1.807, 2.05) is 0 Å². The van der Waals surface area contributed by atoms with Crippen LogP contribution in [0.1, 0.15) is 0 Å². The molecule has 1 aromatic rings. The highest BCUT2D eigenvalue weighted by Gasteiger charge is 2.26. The van der Waals surface area contributed by atoms with E-state index in [4.69, 9.17) is 22.9 Å². The van der Waals surface area contributed by atoms with E-state index in [9.17, 15) is 10.4 Å². The summed E-state index contributed by atoms with van der Waals surface area (Å²) in [6, 6.07) is 0. The van der Waals surface area contributed by atoms with Gasteiger partial charge < -0.3 is 33.3 Å². The Labute approximate surface area is 83.8 Å². The highest BCUT2D eigenvalue weighted by atomic mass is 17.1. The van der Waals surface area contributed by atoms with Crippen molar-refractivity contribution >= 4 is 34.1 Å². The molecule has 0 radical (unpaired) electrons. The van der Waals surface area contributed by atoms with E-state index in [2.05, 4.69) is 4.94 Å². The Hall–Kier alpha value is -2.10. The Kier molecular flexibility index (Phi) is 1.70. The molecule has 1 aliphatic heterocycles. The van der Waals surface area contributed by atoms with Crippen LogP contribution < -0.4 is 33.4 Å². The van der Waals surface area contributed by atoms with E-state index in [1.54, 1.807) is 0 Å². The summed E-state index contributed by atoms with van der Waals surface area (Å²) in [5, 5.41) is 22.1. The lowest BCUT2D eigenvalue weighted by Gasteiger charge is -2.26. The van der Waals surface area contributed by atoms with Gasteiger partial charge in [0, 0.05) is 0 Å². The maximum absolute atomic E-state index is 11.1. The molecule has 9 nitrogen and oxygen atoms in total. The molecule has 0 amide bonds. The molecular formula is C6H8N6O3-2. The van der Waals surface area contributed by atoms with Gasteiger partial charge in [0.1, 0.15) is 11.4 Å². The van der Waals surface area contributed by atoms with Gasteiger partial charge in [-0.3, -0.25) is 10.5 Å². The number of fused-ring (bicyclic) bond motifs is 1. The molecule has 0 bridgehead atoms. The average Bonchev–Trinajstić information content (AvgIpc) is 2.47. The Morgan fingerprint density at radius 1 is 0.733 bits per heavy atom. The summed E-state index contributed by atoms with van der Waals surface area (Å²) in [7, 11) is 0. The SMILES string of the molecule is Nc1c(N)c(N)c2c(c1N)N([O-])ON2[O-]. The number of anilines is 6. The lowest BCUT2D eigenvalue weighted by molar-refractivity contribution is 0.150. The molecule has 1 heterocycles. The molecule has 0 spiro atoms. The zero-order chi connectivity index (χ0) is 11.3. The predicted octanol–water partition coefficient (Wildman–Crippen LogP) is -0.516. The van der Waals surface area contributed by atoms with Crippen molar-refractivity contribution in [3.8, 4) is 0 Å². The lowest BCUT2D eigenvalue weighted by Crippen LogP contribution is -2.18. The minimum atomic E-state index is -0.228. The first kappa shape index (κ1) is 9.45. The van der Waals surface area contributed by atoms with E-state index >= 15 is 0 Å². The van der Waals surface area contributed by atoms with Crippen molar-refractivity contribution < 1.29 is 4.94 Å². The van der Waals surface area contributed by atoms with Crippen molar-refractivity contribution in [2.24, 2.45) is 0 Å². The average molecular weight is 212 g/mol. The van der Waals surface area contributed by atoms with Gasteiger partial charge in [-0.15, -0.1) is 0 Å². The lowest BCUT2D eigenvalue weighted by atomic mass is 10.1.